The lowest BCUT2D eigenvalue weighted by atomic mass is 10.1. The van der Waals surface area contributed by atoms with Crippen LogP contribution >= 0.6 is 0 Å². The van der Waals surface area contributed by atoms with E-state index in [9.17, 15) is 0 Å². The lowest BCUT2D eigenvalue weighted by molar-refractivity contribution is 0.414. The van der Waals surface area contributed by atoms with Crippen LogP contribution in [0.2, 0.25) is 0 Å². The van der Waals surface area contributed by atoms with E-state index < -0.39 is 0 Å². The minimum atomic E-state index is -0.217. The number of nitrogens with one attached hydrogen (secondary N) is 1. The van der Waals surface area contributed by atoms with Crippen molar-refractivity contribution in [1.82, 2.24) is 10.5 Å². The molecular weight excluding hydrogens is 206 g/mol. The smallest absolute Gasteiger partial charge is 0.121 e. The van der Waals surface area contributed by atoms with Crippen molar-refractivity contribution in [3.8, 4) is 5.75 Å². The van der Waals surface area contributed by atoms with Crippen molar-refractivity contribution in [2.75, 3.05) is 7.11 Å². The Balaban J connectivity index is 0.000000160. The van der Waals surface area contributed by atoms with Crippen LogP contribution in [0.3, 0.4) is 0 Å². The molecule has 0 aliphatic carbocycles. The maximum Gasteiger partial charge on any atom is 0.121 e. The van der Waals surface area contributed by atoms with Crippen LogP contribution in [0, 0.1) is 0 Å². The molecule has 1 aromatic rings. The van der Waals surface area contributed by atoms with E-state index in [2.05, 4.69) is 26.0 Å². The molecule has 1 N–H and O–H groups in total. The average Bonchev–Trinajstić information content (AvgIpc) is 2.31. The molecule has 0 saturated heterocycles. The summed E-state index contributed by atoms with van der Waals surface area (Å²) in [5.74, 6) is 0.847. The van der Waals surface area contributed by atoms with Gasteiger partial charge in [-0.2, -0.15) is 15.8 Å². The van der Waals surface area contributed by atoms with Gasteiger partial charge in [-0.15, -0.1) is 0 Å². The van der Waals surface area contributed by atoms with Crippen molar-refractivity contribution in [3.63, 3.8) is 0 Å². The number of hydrazone groups is 1. The van der Waals surface area contributed by atoms with Gasteiger partial charge in [0.2, 0.25) is 0 Å². The summed E-state index contributed by atoms with van der Waals surface area (Å²) in [6.45, 7) is 3.86. The highest BCUT2D eigenvalue weighted by Gasteiger charge is 2.14. The van der Waals surface area contributed by atoms with Crippen LogP contribution < -0.4 is 10.3 Å². The van der Waals surface area contributed by atoms with Gasteiger partial charge in [0.15, 0.2) is 0 Å². The molecule has 0 unspecified atom stereocenters. The predicted molar refractivity (Wildman–Crippen MR) is 61.4 cm³/mol. The molecule has 16 heavy (non-hydrogen) atoms. The van der Waals surface area contributed by atoms with Crippen LogP contribution in [0.25, 0.3) is 0 Å². The molecule has 0 saturated carbocycles. The average molecular weight is 221 g/mol. The van der Waals surface area contributed by atoms with E-state index in [0.717, 1.165) is 5.75 Å². The zero-order valence-corrected chi connectivity index (χ0v) is 9.58. The molecule has 1 aliphatic heterocycles. The fourth-order valence-electron chi connectivity index (χ4n) is 0.864. The maximum atomic E-state index is 4.87. The number of pyridine rings is 1. The molecule has 0 radical (unpaired) electrons. The summed E-state index contributed by atoms with van der Waals surface area (Å²) in [5, 5.41) is 11.0. The van der Waals surface area contributed by atoms with Gasteiger partial charge in [-0.3, -0.25) is 4.98 Å². The maximum absolute atomic E-state index is 4.87. The second kappa shape index (κ2) is 5.79. The molecule has 1 aliphatic rings. The molecule has 2 heterocycles. The third kappa shape index (κ3) is 4.50. The van der Waals surface area contributed by atoms with E-state index in [1.807, 2.05) is 13.8 Å². The number of methoxy groups -OCH3 is 1. The first kappa shape index (κ1) is 12.1. The Morgan fingerprint density at radius 3 is 2.25 bits per heavy atom. The highest BCUT2D eigenvalue weighted by molar-refractivity contribution is 5.68. The SMILES string of the molecule is CC1(C)C=NNN=N1.COc1ccncc1. The lowest BCUT2D eigenvalue weighted by Crippen LogP contribution is -2.23. The number of aromatic nitrogens is 1. The minimum absolute atomic E-state index is 0.217. The predicted octanol–water partition coefficient (Wildman–Crippen LogP) is 1.81. The summed E-state index contributed by atoms with van der Waals surface area (Å²) in [4.78, 5) is 3.81. The molecule has 6 heteroatoms. The first-order valence-electron chi connectivity index (χ1n) is 4.79. The summed E-state index contributed by atoms with van der Waals surface area (Å²) < 4.78 is 4.87. The quantitative estimate of drug-likeness (QED) is 0.786. The molecule has 0 amide bonds. The monoisotopic (exact) mass is 221 g/mol. The van der Waals surface area contributed by atoms with Gasteiger partial charge in [0.25, 0.3) is 0 Å². The Morgan fingerprint density at radius 2 is 1.94 bits per heavy atom. The summed E-state index contributed by atoms with van der Waals surface area (Å²) >= 11 is 0. The lowest BCUT2D eigenvalue weighted by Gasteiger charge is -2.12. The first-order valence-corrected chi connectivity index (χ1v) is 4.79. The highest BCUT2D eigenvalue weighted by Crippen LogP contribution is 2.06. The first-order chi connectivity index (χ1) is 7.64. The van der Waals surface area contributed by atoms with Crippen molar-refractivity contribution in [3.05, 3.63) is 24.5 Å². The molecule has 0 aromatic carbocycles. The standard InChI is InChI=1S/C6H7NO.C4H8N4/c1-8-6-2-4-7-5-3-6;1-4(2)3-5-7-8-6-4/h2-5H,1H3;3H,1-2H3,(H,6,7). The van der Waals surface area contributed by atoms with Crippen molar-refractivity contribution < 1.29 is 4.74 Å². The molecular formula is C10H15N5O. The molecule has 0 fully saturated rings. The van der Waals surface area contributed by atoms with Crippen molar-refractivity contribution >= 4 is 6.21 Å². The van der Waals surface area contributed by atoms with E-state index in [1.54, 1.807) is 37.9 Å². The second-order valence-corrected chi connectivity index (χ2v) is 3.60. The Bertz CT molecular complexity index is 347. The molecule has 0 bridgehead atoms. The Kier molecular flexibility index (Phi) is 4.38. The second-order valence-electron chi connectivity index (χ2n) is 3.60. The zero-order chi connectivity index (χ0) is 11.9. The minimum Gasteiger partial charge on any atom is -0.497 e. The largest absolute Gasteiger partial charge is 0.497 e. The van der Waals surface area contributed by atoms with Gasteiger partial charge in [0.05, 0.1) is 13.3 Å². The van der Waals surface area contributed by atoms with Crippen LogP contribution in [-0.2, 0) is 0 Å². The van der Waals surface area contributed by atoms with Gasteiger partial charge in [0.1, 0.15) is 11.3 Å². The summed E-state index contributed by atoms with van der Waals surface area (Å²) in [6.07, 6.45) is 5.09. The van der Waals surface area contributed by atoms with E-state index >= 15 is 0 Å². The van der Waals surface area contributed by atoms with Gasteiger partial charge in [-0.25, -0.2) is 0 Å². The summed E-state index contributed by atoms with van der Waals surface area (Å²) in [7, 11) is 1.63. The third-order valence-corrected chi connectivity index (χ3v) is 1.68. The number of hydrogen-bond acceptors (Lipinski definition) is 6. The van der Waals surface area contributed by atoms with Gasteiger partial charge in [-0.05, 0) is 26.0 Å². The third-order valence-electron chi connectivity index (χ3n) is 1.68. The molecule has 2 rings (SSSR count). The Morgan fingerprint density at radius 1 is 1.25 bits per heavy atom. The van der Waals surface area contributed by atoms with Crippen LogP contribution in [-0.4, -0.2) is 23.8 Å². The number of hydrogen-bond donors (Lipinski definition) is 1. The van der Waals surface area contributed by atoms with Crippen molar-refractivity contribution in [2.45, 2.75) is 19.4 Å². The van der Waals surface area contributed by atoms with Crippen molar-refractivity contribution in [1.29, 1.82) is 0 Å². The van der Waals surface area contributed by atoms with E-state index in [-0.39, 0.29) is 5.54 Å². The number of ether oxygens (including phenoxy) is 1. The fourth-order valence-corrected chi connectivity index (χ4v) is 0.864. The molecule has 86 valence electrons. The molecule has 0 spiro atoms. The van der Waals surface area contributed by atoms with Crippen LogP contribution in [0.5, 0.6) is 5.75 Å². The van der Waals surface area contributed by atoms with Gasteiger partial charge >= 0.3 is 0 Å². The van der Waals surface area contributed by atoms with Gasteiger partial charge < -0.3 is 4.74 Å². The normalized spacial score (nSPS) is 15.7. The van der Waals surface area contributed by atoms with Gasteiger partial charge in [0, 0.05) is 12.4 Å². The Hall–Kier alpha value is -1.98. The fraction of sp³-hybridized carbons (Fsp3) is 0.400. The summed E-state index contributed by atoms with van der Waals surface area (Å²) in [5.41, 5.74) is 2.15. The van der Waals surface area contributed by atoms with Crippen molar-refractivity contribution in [2.24, 2.45) is 15.4 Å². The van der Waals surface area contributed by atoms with E-state index in [0.29, 0.717) is 0 Å². The summed E-state index contributed by atoms with van der Waals surface area (Å²) in [6, 6.07) is 3.61. The van der Waals surface area contributed by atoms with Crippen LogP contribution in [0.4, 0.5) is 0 Å². The molecule has 6 nitrogen and oxygen atoms in total. The van der Waals surface area contributed by atoms with E-state index in [1.165, 1.54) is 0 Å². The zero-order valence-electron chi connectivity index (χ0n) is 9.58. The molecule has 1 aromatic heterocycles. The van der Waals surface area contributed by atoms with Gasteiger partial charge in [-0.1, -0.05) is 5.22 Å². The Labute approximate surface area is 94.4 Å². The highest BCUT2D eigenvalue weighted by atomic mass is 16.5. The van der Waals surface area contributed by atoms with Crippen LogP contribution in [0.1, 0.15) is 13.8 Å². The molecule has 0 atom stereocenters. The number of rotatable bonds is 1. The van der Waals surface area contributed by atoms with E-state index in [4.69, 9.17) is 4.74 Å². The topological polar surface area (TPSA) is 71.2 Å². The van der Waals surface area contributed by atoms with Crippen LogP contribution in [0.15, 0.2) is 40.0 Å². The number of nitrogens with zero attached hydrogens (tertiary/aromatic N) is 4.